The Kier molecular flexibility index (Phi) is 4.59. The monoisotopic (exact) mass is 400 g/mol. The maximum Gasteiger partial charge on any atom is 0.251 e. The van der Waals surface area contributed by atoms with Crippen LogP contribution in [0.5, 0.6) is 0 Å². The molecule has 1 aromatic heterocycles. The number of carbonyl (C=O) groups is 2. The zero-order chi connectivity index (χ0) is 19.0. The summed E-state index contributed by atoms with van der Waals surface area (Å²) in [6.07, 6.45) is 1.64. The quantitative estimate of drug-likeness (QED) is 0.681. The zero-order valence-electron chi connectivity index (χ0n) is 13.9. The average Bonchev–Trinajstić information content (AvgIpc) is 3.19. The van der Waals surface area contributed by atoms with Crippen LogP contribution in [-0.4, -0.2) is 21.6 Å². The Morgan fingerprint density at radius 2 is 1.93 bits per heavy atom. The van der Waals surface area contributed by atoms with Gasteiger partial charge in [0.15, 0.2) is 0 Å². The molecule has 3 aromatic rings. The van der Waals surface area contributed by atoms with Crippen molar-refractivity contribution in [1.29, 1.82) is 0 Å². The predicted molar refractivity (Wildman–Crippen MR) is 105 cm³/mol. The molecule has 8 heteroatoms. The largest absolute Gasteiger partial charge is 0.326 e. The second kappa shape index (κ2) is 7.06. The zero-order valence-corrected chi connectivity index (χ0v) is 15.5. The smallest absolute Gasteiger partial charge is 0.251 e. The lowest BCUT2D eigenvalue weighted by Gasteiger charge is -2.10. The van der Waals surface area contributed by atoms with Gasteiger partial charge in [0, 0.05) is 11.3 Å². The number of benzene rings is 2. The number of carbonyl (C=O) groups excluding carboxylic acids is 2. The Bertz CT molecular complexity index is 1030. The lowest BCUT2D eigenvalue weighted by molar-refractivity contribution is -0.123. The summed E-state index contributed by atoms with van der Waals surface area (Å²) in [5.74, 6) is 0.0104. The summed E-state index contributed by atoms with van der Waals surface area (Å²) in [6, 6.07) is 13.7. The highest BCUT2D eigenvalue weighted by atomic mass is 35.5. The highest BCUT2D eigenvalue weighted by Crippen LogP contribution is 2.35. The van der Waals surface area contributed by atoms with Gasteiger partial charge in [0.2, 0.25) is 5.91 Å². The molecule has 6 nitrogen and oxygen atoms in total. The molecule has 4 rings (SSSR count). The Morgan fingerprint density at radius 3 is 2.67 bits per heavy atom. The molecule has 0 radical (unpaired) electrons. The third-order valence-electron chi connectivity index (χ3n) is 4.30. The summed E-state index contributed by atoms with van der Waals surface area (Å²) in [4.78, 5) is 24.8. The number of amides is 2. The highest BCUT2D eigenvalue weighted by Gasteiger charge is 2.35. The van der Waals surface area contributed by atoms with Gasteiger partial charge >= 0.3 is 0 Å². The average molecular weight is 401 g/mol. The molecule has 2 N–H and O–H groups in total. The third kappa shape index (κ3) is 3.41. The summed E-state index contributed by atoms with van der Waals surface area (Å²) < 4.78 is 1.55. The van der Waals surface area contributed by atoms with Crippen LogP contribution >= 0.6 is 23.2 Å². The van der Waals surface area contributed by atoms with Crippen molar-refractivity contribution in [2.75, 3.05) is 10.6 Å². The van der Waals surface area contributed by atoms with Crippen molar-refractivity contribution in [2.24, 2.45) is 0 Å². The van der Waals surface area contributed by atoms with Crippen LogP contribution in [0.15, 0.2) is 54.7 Å². The summed E-state index contributed by atoms with van der Waals surface area (Å²) in [5.41, 5.74) is 2.27. The van der Waals surface area contributed by atoms with Crippen LogP contribution in [0.25, 0.3) is 11.1 Å². The van der Waals surface area contributed by atoms with Crippen molar-refractivity contribution in [3.05, 3.63) is 64.8 Å². The van der Waals surface area contributed by atoms with Gasteiger partial charge in [-0.05, 0) is 23.8 Å². The molecular weight excluding hydrogens is 387 g/mol. The number of rotatable bonds is 4. The summed E-state index contributed by atoms with van der Waals surface area (Å²) >= 11 is 11.8. The first-order chi connectivity index (χ1) is 13.0. The summed E-state index contributed by atoms with van der Waals surface area (Å²) in [5, 5.41) is 10.6. The molecule has 136 valence electrons. The van der Waals surface area contributed by atoms with Crippen molar-refractivity contribution in [3.63, 3.8) is 0 Å². The summed E-state index contributed by atoms with van der Waals surface area (Å²) in [7, 11) is 0. The molecule has 1 aliphatic heterocycles. The number of fused-ring (bicyclic) bond motifs is 1. The number of anilines is 2. The standard InChI is InChI=1S/C19H14Cl2N4O2/c20-14-7-6-12(8-15(14)21)23-17(26)9-16-19(27)24-18-13(10-22-25(16)18)11-4-2-1-3-5-11/h1-8,10,16H,9H2,(H,23,26)(H,24,27). The van der Waals surface area contributed by atoms with Gasteiger partial charge in [-0.3, -0.25) is 9.59 Å². The molecule has 2 heterocycles. The second-order valence-electron chi connectivity index (χ2n) is 6.10. The minimum Gasteiger partial charge on any atom is -0.326 e. The van der Waals surface area contributed by atoms with E-state index in [0.717, 1.165) is 11.1 Å². The molecule has 0 saturated carbocycles. The van der Waals surface area contributed by atoms with E-state index in [-0.39, 0.29) is 18.2 Å². The predicted octanol–water partition coefficient (Wildman–Crippen LogP) is 4.38. The van der Waals surface area contributed by atoms with E-state index in [4.69, 9.17) is 23.2 Å². The fourth-order valence-corrected chi connectivity index (χ4v) is 3.30. The van der Waals surface area contributed by atoms with E-state index in [1.54, 1.807) is 29.1 Å². The van der Waals surface area contributed by atoms with Crippen LogP contribution in [0.2, 0.25) is 10.0 Å². The molecule has 0 saturated heterocycles. The Hall–Kier alpha value is -2.83. The third-order valence-corrected chi connectivity index (χ3v) is 5.04. The highest BCUT2D eigenvalue weighted by molar-refractivity contribution is 6.42. The van der Waals surface area contributed by atoms with Gasteiger partial charge in [-0.15, -0.1) is 0 Å². The molecule has 2 aromatic carbocycles. The van der Waals surface area contributed by atoms with Gasteiger partial charge in [-0.1, -0.05) is 53.5 Å². The van der Waals surface area contributed by atoms with Crippen LogP contribution in [-0.2, 0) is 9.59 Å². The van der Waals surface area contributed by atoms with E-state index in [2.05, 4.69) is 15.7 Å². The van der Waals surface area contributed by atoms with E-state index in [1.165, 1.54) is 0 Å². The minimum atomic E-state index is -0.708. The normalized spacial score (nSPS) is 15.3. The first kappa shape index (κ1) is 17.6. The fourth-order valence-electron chi connectivity index (χ4n) is 3.00. The molecule has 1 atom stereocenters. The molecule has 1 unspecified atom stereocenters. The minimum absolute atomic E-state index is 0.0466. The SMILES string of the molecule is O=C(CC1C(=O)Nc2c(-c3ccccc3)cnn21)Nc1ccc(Cl)c(Cl)c1. The van der Waals surface area contributed by atoms with Crippen LogP contribution < -0.4 is 10.6 Å². The topological polar surface area (TPSA) is 76.0 Å². The maximum absolute atomic E-state index is 12.4. The van der Waals surface area contributed by atoms with Crippen molar-refractivity contribution in [3.8, 4) is 11.1 Å². The number of hydrogen-bond donors (Lipinski definition) is 2. The Morgan fingerprint density at radius 1 is 1.15 bits per heavy atom. The van der Waals surface area contributed by atoms with E-state index in [1.807, 2.05) is 30.3 Å². The number of aromatic nitrogens is 2. The summed E-state index contributed by atoms with van der Waals surface area (Å²) in [6.45, 7) is 0. The van der Waals surface area contributed by atoms with Gasteiger partial charge in [-0.25, -0.2) is 4.68 Å². The molecule has 0 aliphatic carbocycles. The number of nitrogens with zero attached hydrogens (tertiary/aromatic N) is 2. The van der Waals surface area contributed by atoms with Gasteiger partial charge in [0.05, 0.1) is 22.7 Å². The molecule has 1 aliphatic rings. The van der Waals surface area contributed by atoms with Crippen molar-refractivity contribution >= 4 is 46.5 Å². The van der Waals surface area contributed by atoms with Crippen LogP contribution in [0.3, 0.4) is 0 Å². The van der Waals surface area contributed by atoms with Crippen LogP contribution in [0.4, 0.5) is 11.5 Å². The van der Waals surface area contributed by atoms with E-state index >= 15 is 0 Å². The molecular formula is C19H14Cl2N4O2. The van der Waals surface area contributed by atoms with Gasteiger partial charge in [0.1, 0.15) is 11.9 Å². The first-order valence-electron chi connectivity index (χ1n) is 8.21. The Labute approximate surface area is 165 Å². The molecule has 0 bridgehead atoms. The first-order valence-corrected chi connectivity index (χ1v) is 8.97. The van der Waals surface area contributed by atoms with Crippen LogP contribution in [0, 0.1) is 0 Å². The van der Waals surface area contributed by atoms with Gasteiger partial charge in [0.25, 0.3) is 5.91 Å². The van der Waals surface area contributed by atoms with E-state index in [9.17, 15) is 9.59 Å². The van der Waals surface area contributed by atoms with Crippen molar-refractivity contribution in [1.82, 2.24) is 9.78 Å². The second-order valence-corrected chi connectivity index (χ2v) is 6.92. The fraction of sp³-hybridized carbons (Fsp3) is 0.105. The number of nitrogens with one attached hydrogen (secondary N) is 2. The molecule has 0 spiro atoms. The molecule has 0 fully saturated rings. The molecule has 2 amide bonds. The van der Waals surface area contributed by atoms with Gasteiger partial charge in [-0.2, -0.15) is 5.10 Å². The van der Waals surface area contributed by atoms with Crippen molar-refractivity contribution < 1.29 is 9.59 Å². The lowest BCUT2D eigenvalue weighted by atomic mass is 10.1. The van der Waals surface area contributed by atoms with Crippen LogP contribution in [0.1, 0.15) is 12.5 Å². The number of hydrogen-bond acceptors (Lipinski definition) is 3. The van der Waals surface area contributed by atoms with Crippen molar-refractivity contribution in [2.45, 2.75) is 12.5 Å². The maximum atomic E-state index is 12.4. The van der Waals surface area contributed by atoms with E-state index in [0.29, 0.717) is 21.6 Å². The Balaban J connectivity index is 1.52. The lowest BCUT2D eigenvalue weighted by Crippen LogP contribution is -2.23. The van der Waals surface area contributed by atoms with Gasteiger partial charge < -0.3 is 10.6 Å². The number of halogens is 2. The molecule has 27 heavy (non-hydrogen) atoms. The van der Waals surface area contributed by atoms with E-state index < -0.39 is 6.04 Å².